The Morgan fingerprint density at radius 2 is 1.97 bits per heavy atom. The Bertz CT molecular complexity index is 1190. The van der Waals surface area contributed by atoms with Gasteiger partial charge in [-0.3, -0.25) is 4.98 Å². The summed E-state index contributed by atoms with van der Waals surface area (Å²) < 4.78 is 19.1. The number of aryl methyl sites for hydroxylation is 1. The zero-order valence-electron chi connectivity index (χ0n) is 18.9. The van der Waals surface area contributed by atoms with Crippen LogP contribution in [0.25, 0.3) is 5.52 Å². The lowest BCUT2D eigenvalue weighted by molar-refractivity contribution is 0.177. The summed E-state index contributed by atoms with van der Waals surface area (Å²) >= 11 is 3.61. The van der Waals surface area contributed by atoms with Crippen LogP contribution in [-0.4, -0.2) is 41.6 Å². The third-order valence-electron chi connectivity index (χ3n) is 6.88. The molecule has 3 aromatic heterocycles. The van der Waals surface area contributed by atoms with Gasteiger partial charge in [0.2, 0.25) is 0 Å². The van der Waals surface area contributed by atoms with Crippen LogP contribution in [0.5, 0.6) is 0 Å². The van der Waals surface area contributed by atoms with Crippen LogP contribution in [0.1, 0.15) is 56.5 Å². The van der Waals surface area contributed by atoms with E-state index in [0.717, 1.165) is 54.0 Å². The third kappa shape index (κ3) is 3.58. The molecule has 5 rings (SSSR count). The maximum absolute atomic E-state index is 13.1. The number of halogens is 1. The summed E-state index contributed by atoms with van der Waals surface area (Å²) in [5.74, 6) is 0.984. The molecule has 4 heterocycles. The third-order valence-corrected chi connectivity index (χ3v) is 9.35. The van der Waals surface area contributed by atoms with Gasteiger partial charge < -0.3 is 4.90 Å². The molecule has 32 heavy (non-hydrogen) atoms. The van der Waals surface area contributed by atoms with Crippen molar-refractivity contribution in [2.45, 2.75) is 57.7 Å². The quantitative estimate of drug-likeness (QED) is 0.566. The minimum absolute atomic E-state index is 0.0315. The zero-order valence-corrected chi connectivity index (χ0v) is 21.3. The van der Waals surface area contributed by atoms with Crippen molar-refractivity contribution in [3.05, 3.63) is 52.1 Å². The minimum atomic E-state index is -1.15. The predicted octanol–water partition coefficient (Wildman–Crippen LogP) is 4.13. The number of rotatable bonds is 3. The summed E-state index contributed by atoms with van der Waals surface area (Å²) in [7, 11) is -1.15. The van der Waals surface area contributed by atoms with Crippen LogP contribution in [0, 0.1) is 12.3 Å². The Kier molecular flexibility index (Phi) is 5.41. The van der Waals surface area contributed by atoms with E-state index in [1.807, 2.05) is 56.9 Å². The first kappa shape index (κ1) is 22.0. The maximum Gasteiger partial charge on any atom is 0.155 e. The maximum atomic E-state index is 13.1. The lowest BCUT2D eigenvalue weighted by atomic mass is 9.73. The van der Waals surface area contributed by atoms with Crippen molar-refractivity contribution in [3.8, 4) is 0 Å². The van der Waals surface area contributed by atoms with Gasteiger partial charge in [0.15, 0.2) is 5.82 Å². The first-order chi connectivity index (χ1) is 15.2. The zero-order chi connectivity index (χ0) is 22.7. The van der Waals surface area contributed by atoms with E-state index in [-0.39, 0.29) is 16.2 Å². The van der Waals surface area contributed by atoms with Crippen molar-refractivity contribution in [1.29, 1.82) is 0 Å². The van der Waals surface area contributed by atoms with E-state index in [4.69, 9.17) is 4.98 Å². The summed E-state index contributed by atoms with van der Waals surface area (Å²) in [6.07, 6.45) is 8.64. The van der Waals surface area contributed by atoms with E-state index >= 15 is 0 Å². The second kappa shape index (κ2) is 7.88. The number of nitrogens with zero attached hydrogens (tertiary/aromatic N) is 5. The molecule has 9 heteroatoms. The van der Waals surface area contributed by atoms with Gasteiger partial charge in [0, 0.05) is 25.5 Å². The summed E-state index contributed by atoms with van der Waals surface area (Å²) in [5.41, 5.74) is 4.50. The van der Waals surface area contributed by atoms with Gasteiger partial charge in [-0.05, 0) is 91.6 Å². The average Bonchev–Trinajstić information content (AvgIpc) is 3.35. The first-order valence-corrected chi connectivity index (χ1v) is 13.0. The topological polar surface area (TPSA) is 75.4 Å². The fraction of sp³-hybridized carbons (Fsp3) is 0.522. The van der Waals surface area contributed by atoms with Gasteiger partial charge in [-0.1, -0.05) is 0 Å². The van der Waals surface area contributed by atoms with Gasteiger partial charge >= 0.3 is 0 Å². The van der Waals surface area contributed by atoms with Crippen molar-refractivity contribution in [2.75, 3.05) is 18.0 Å². The van der Waals surface area contributed by atoms with E-state index in [1.54, 1.807) is 0 Å². The second-order valence-corrected chi connectivity index (χ2v) is 12.7. The first-order valence-electron chi connectivity index (χ1n) is 11.1. The Morgan fingerprint density at radius 3 is 2.69 bits per heavy atom. The minimum Gasteiger partial charge on any atom is -0.355 e. The molecule has 3 aromatic rings. The smallest absolute Gasteiger partial charge is 0.155 e. The van der Waals surface area contributed by atoms with Crippen LogP contribution < -0.4 is 9.62 Å². The molecule has 0 radical (unpaired) electrons. The van der Waals surface area contributed by atoms with Gasteiger partial charge in [0.25, 0.3) is 0 Å². The van der Waals surface area contributed by atoms with Crippen LogP contribution in [0.3, 0.4) is 0 Å². The van der Waals surface area contributed by atoms with Gasteiger partial charge in [-0.25, -0.2) is 18.4 Å². The van der Waals surface area contributed by atoms with Gasteiger partial charge in [-0.2, -0.15) is 5.10 Å². The summed E-state index contributed by atoms with van der Waals surface area (Å²) in [6.45, 7) is 9.85. The van der Waals surface area contributed by atoms with Gasteiger partial charge in [-0.15, -0.1) is 0 Å². The van der Waals surface area contributed by atoms with E-state index in [0.29, 0.717) is 0 Å². The molecule has 1 aliphatic carbocycles. The standard InChI is InChI=1S/C23H29BrN6OS/c1-15-20(24)30-18(6-10-26-30)21(27-15)29-11-7-23(8-12-29)13-16-5-9-25-14-17(16)19(23)28-32(31)22(2,3)4/h5-6,9-10,14,19,28H,7-8,11-13H2,1-4H3/t19-,32?/m1/s1. The van der Waals surface area contributed by atoms with Crippen molar-refractivity contribution in [1.82, 2.24) is 24.3 Å². The summed E-state index contributed by atoms with van der Waals surface area (Å²) in [4.78, 5) is 11.7. The highest BCUT2D eigenvalue weighted by Gasteiger charge is 2.49. The van der Waals surface area contributed by atoms with Crippen LogP contribution in [0.15, 0.2) is 35.3 Å². The molecule has 0 aromatic carbocycles. The molecule has 7 nitrogen and oxygen atoms in total. The molecular weight excluding hydrogens is 488 g/mol. The fourth-order valence-corrected chi connectivity index (χ4v) is 6.36. The molecular formula is C23H29BrN6OS. The highest BCUT2D eigenvalue weighted by molar-refractivity contribution is 9.10. The number of anilines is 1. The summed E-state index contributed by atoms with van der Waals surface area (Å²) in [6, 6.07) is 4.19. The lowest BCUT2D eigenvalue weighted by Gasteiger charge is -2.44. The highest BCUT2D eigenvalue weighted by atomic mass is 79.9. The number of piperidine rings is 1. The monoisotopic (exact) mass is 516 g/mol. The van der Waals surface area contributed by atoms with E-state index in [1.165, 1.54) is 11.1 Å². The molecule has 2 aliphatic rings. The van der Waals surface area contributed by atoms with Crippen LogP contribution in [-0.2, 0) is 17.4 Å². The molecule has 170 valence electrons. The molecule has 0 amide bonds. The van der Waals surface area contributed by atoms with E-state index in [2.05, 4.69) is 41.7 Å². The molecule has 1 N–H and O–H groups in total. The van der Waals surface area contributed by atoms with Crippen molar-refractivity contribution in [2.24, 2.45) is 5.41 Å². The fourth-order valence-electron chi connectivity index (χ4n) is 5.05. The number of pyridine rings is 1. The van der Waals surface area contributed by atoms with E-state index < -0.39 is 11.0 Å². The van der Waals surface area contributed by atoms with Crippen molar-refractivity contribution in [3.63, 3.8) is 0 Å². The van der Waals surface area contributed by atoms with Gasteiger partial charge in [0.05, 0.1) is 33.7 Å². The van der Waals surface area contributed by atoms with Crippen LogP contribution >= 0.6 is 15.9 Å². The normalized spacial score (nSPS) is 21.3. The van der Waals surface area contributed by atoms with Crippen LogP contribution in [0.2, 0.25) is 0 Å². The Balaban J connectivity index is 1.44. The number of aromatic nitrogens is 4. The van der Waals surface area contributed by atoms with Crippen LogP contribution in [0.4, 0.5) is 5.82 Å². The van der Waals surface area contributed by atoms with Crippen molar-refractivity contribution >= 4 is 38.3 Å². The lowest BCUT2D eigenvalue weighted by Crippen LogP contribution is -2.48. The molecule has 1 spiro atoms. The number of fused-ring (bicyclic) bond motifs is 2. The SMILES string of the molecule is Cc1nc(N2CCC3(CC2)Cc2ccncc2[C@H]3NS(=O)C(C)(C)C)c2ccnn2c1Br. The Labute approximate surface area is 199 Å². The molecule has 1 aliphatic heterocycles. The Morgan fingerprint density at radius 1 is 1.22 bits per heavy atom. The number of nitrogens with one attached hydrogen (secondary N) is 1. The number of hydrogen-bond donors (Lipinski definition) is 1. The van der Waals surface area contributed by atoms with E-state index in [9.17, 15) is 4.21 Å². The molecule has 1 fully saturated rings. The largest absolute Gasteiger partial charge is 0.355 e. The van der Waals surface area contributed by atoms with Gasteiger partial charge in [0.1, 0.15) is 10.1 Å². The summed E-state index contributed by atoms with van der Waals surface area (Å²) in [5, 5.41) is 4.45. The molecule has 2 atom stereocenters. The highest BCUT2D eigenvalue weighted by Crippen LogP contribution is 2.52. The number of hydrogen-bond acceptors (Lipinski definition) is 5. The Hall–Kier alpha value is -1.84. The van der Waals surface area contributed by atoms with Crippen molar-refractivity contribution < 1.29 is 4.21 Å². The molecule has 1 saturated heterocycles. The predicted molar refractivity (Wildman–Crippen MR) is 131 cm³/mol. The average molecular weight is 517 g/mol. The molecule has 0 bridgehead atoms. The molecule has 0 saturated carbocycles. The molecule has 1 unspecified atom stereocenters. The second-order valence-electron chi connectivity index (χ2n) is 9.97.